The lowest BCUT2D eigenvalue weighted by Crippen LogP contribution is -2.40. The smallest absolute Gasteiger partial charge is 0.0944 e. The molecule has 0 saturated carbocycles. The van der Waals surface area contributed by atoms with E-state index in [-0.39, 0.29) is 0 Å². The van der Waals surface area contributed by atoms with Crippen molar-refractivity contribution in [2.75, 3.05) is 19.6 Å². The summed E-state index contributed by atoms with van der Waals surface area (Å²) in [4.78, 5) is 9.06. The molecule has 1 saturated heterocycles. The number of nitrogens with one attached hydrogen (secondary N) is 1. The first-order valence-electron chi connectivity index (χ1n) is 9.31. The minimum Gasteiger partial charge on any atom is -0.368 e. The summed E-state index contributed by atoms with van der Waals surface area (Å²) in [5.41, 5.74) is 2.35. The molecule has 2 heterocycles. The monoisotopic (exact) mass is 404 g/mol. The molecule has 6 heteroatoms. The van der Waals surface area contributed by atoms with Crippen molar-refractivity contribution in [1.29, 1.82) is 0 Å². The number of pyridine rings is 1. The van der Waals surface area contributed by atoms with Gasteiger partial charge in [0.05, 0.1) is 15.9 Å². The molecule has 1 aromatic heterocycles. The fourth-order valence-corrected chi connectivity index (χ4v) is 3.91. The number of nitrogens with zero attached hydrogens (tertiary/aromatic N) is 3. The van der Waals surface area contributed by atoms with Gasteiger partial charge in [0.2, 0.25) is 0 Å². The summed E-state index contributed by atoms with van der Waals surface area (Å²) in [5.74, 6) is 0.955. The van der Waals surface area contributed by atoms with Crippen molar-refractivity contribution in [3.63, 3.8) is 0 Å². The van der Waals surface area contributed by atoms with E-state index in [2.05, 4.69) is 39.7 Å². The number of benzene rings is 1. The normalized spacial score (nSPS) is 17.1. The first-order valence-corrected chi connectivity index (χ1v) is 10.1. The molecule has 1 atom stereocenters. The summed E-state index contributed by atoms with van der Waals surface area (Å²) in [6, 6.07) is 10.3. The van der Waals surface area contributed by atoms with Crippen LogP contribution < -0.4 is 5.32 Å². The second-order valence-corrected chi connectivity index (χ2v) is 7.69. The number of aromatic nitrogens is 1. The molecule has 1 N–H and O–H groups in total. The first-order chi connectivity index (χ1) is 13.1. The van der Waals surface area contributed by atoms with Gasteiger partial charge < -0.3 is 10.2 Å². The fraction of sp³-hybridized carbons (Fsp3) is 0.381. The van der Waals surface area contributed by atoms with E-state index in [1.807, 2.05) is 36.7 Å². The van der Waals surface area contributed by atoms with Crippen molar-refractivity contribution in [2.24, 2.45) is 0 Å². The Morgan fingerprint density at radius 2 is 2.15 bits per heavy atom. The summed E-state index contributed by atoms with van der Waals surface area (Å²) in [5, 5.41) is 4.60. The van der Waals surface area contributed by atoms with Gasteiger partial charge in [-0.3, -0.25) is 9.88 Å². The molecule has 0 bridgehead atoms. The van der Waals surface area contributed by atoms with E-state index in [0.29, 0.717) is 22.6 Å². The summed E-state index contributed by atoms with van der Waals surface area (Å²) >= 11 is 12.1. The van der Waals surface area contributed by atoms with Crippen LogP contribution in [0.3, 0.4) is 0 Å². The Morgan fingerprint density at radius 3 is 2.85 bits per heavy atom. The molecule has 0 amide bonds. The van der Waals surface area contributed by atoms with Crippen LogP contribution in [-0.2, 0) is 13.1 Å². The minimum atomic E-state index is 0.473. The third kappa shape index (κ3) is 5.38. The molecule has 1 aliphatic rings. The highest BCUT2D eigenvalue weighted by molar-refractivity contribution is 6.42. The SMILES string of the molecule is C=C(NCc1ccc(Cl)c(Cl)c1)N(CC)C1CCN(Cc2cccnc2)C1. The zero-order valence-corrected chi connectivity index (χ0v) is 17.2. The number of halogens is 2. The minimum absolute atomic E-state index is 0.473. The van der Waals surface area contributed by atoms with Crippen molar-refractivity contribution in [3.05, 3.63) is 76.3 Å². The van der Waals surface area contributed by atoms with E-state index in [1.165, 1.54) is 5.56 Å². The number of hydrogen-bond donors (Lipinski definition) is 1. The lowest BCUT2D eigenvalue weighted by Gasteiger charge is -2.32. The van der Waals surface area contributed by atoms with Crippen LogP contribution in [0, 0.1) is 0 Å². The molecular weight excluding hydrogens is 379 g/mol. The molecule has 4 nitrogen and oxygen atoms in total. The zero-order chi connectivity index (χ0) is 19.2. The van der Waals surface area contributed by atoms with E-state index >= 15 is 0 Å². The fourth-order valence-electron chi connectivity index (χ4n) is 3.58. The van der Waals surface area contributed by atoms with Gasteiger partial charge in [-0.1, -0.05) is 41.9 Å². The van der Waals surface area contributed by atoms with E-state index in [9.17, 15) is 0 Å². The molecule has 3 rings (SSSR count). The van der Waals surface area contributed by atoms with Gasteiger partial charge >= 0.3 is 0 Å². The maximum atomic E-state index is 6.10. The third-order valence-electron chi connectivity index (χ3n) is 4.99. The second-order valence-electron chi connectivity index (χ2n) is 6.87. The van der Waals surface area contributed by atoms with Crippen LogP contribution in [-0.4, -0.2) is 40.5 Å². The Kier molecular flexibility index (Phi) is 7.00. The number of likely N-dealkylation sites (tertiary alicyclic amines) is 1. The quantitative estimate of drug-likeness (QED) is 0.699. The predicted molar refractivity (Wildman–Crippen MR) is 113 cm³/mol. The van der Waals surface area contributed by atoms with E-state index < -0.39 is 0 Å². The topological polar surface area (TPSA) is 31.4 Å². The van der Waals surface area contributed by atoms with Crippen LogP contribution in [0.4, 0.5) is 0 Å². The lowest BCUT2D eigenvalue weighted by atomic mass is 10.2. The molecule has 144 valence electrons. The summed E-state index contributed by atoms with van der Waals surface area (Å²) < 4.78 is 0. The highest BCUT2D eigenvalue weighted by Gasteiger charge is 2.27. The van der Waals surface area contributed by atoms with Crippen molar-refractivity contribution < 1.29 is 0 Å². The molecule has 1 unspecified atom stereocenters. The summed E-state index contributed by atoms with van der Waals surface area (Å²) in [6.07, 6.45) is 4.91. The third-order valence-corrected chi connectivity index (χ3v) is 5.72. The average molecular weight is 405 g/mol. The Hall–Kier alpha value is -1.75. The van der Waals surface area contributed by atoms with Gasteiger partial charge in [-0.05, 0) is 42.7 Å². The van der Waals surface area contributed by atoms with Crippen LogP contribution in [0.5, 0.6) is 0 Å². The number of rotatable bonds is 8. The van der Waals surface area contributed by atoms with Crippen molar-refractivity contribution in [1.82, 2.24) is 20.1 Å². The van der Waals surface area contributed by atoms with Crippen molar-refractivity contribution in [2.45, 2.75) is 32.5 Å². The van der Waals surface area contributed by atoms with Crippen molar-refractivity contribution in [3.8, 4) is 0 Å². The number of hydrogen-bond acceptors (Lipinski definition) is 4. The maximum absolute atomic E-state index is 6.10. The Morgan fingerprint density at radius 1 is 1.30 bits per heavy atom. The average Bonchev–Trinajstić information content (AvgIpc) is 3.12. The van der Waals surface area contributed by atoms with Crippen LogP contribution in [0.15, 0.2) is 55.1 Å². The van der Waals surface area contributed by atoms with Crippen molar-refractivity contribution >= 4 is 23.2 Å². The van der Waals surface area contributed by atoms with E-state index in [1.54, 1.807) is 0 Å². The molecule has 2 aromatic rings. The van der Waals surface area contributed by atoms with Crippen LogP contribution in [0.2, 0.25) is 10.0 Å². The predicted octanol–water partition coefficient (Wildman–Crippen LogP) is 4.55. The van der Waals surface area contributed by atoms with Gasteiger partial charge in [-0.15, -0.1) is 0 Å². The molecule has 0 spiro atoms. The van der Waals surface area contributed by atoms with Crippen LogP contribution in [0.1, 0.15) is 24.5 Å². The molecule has 27 heavy (non-hydrogen) atoms. The van der Waals surface area contributed by atoms with E-state index in [4.69, 9.17) is 23.2 Å². The molecule has 1 aliphatic heterocycles. The summed E-state index contributed by atoms with van der Waals surface area (Å²) in [7, 11) is 0. The molecular formula is C21H26Cl2N4. The van der Waals surface area contributed by atoms with Gasteiger partial charge in [0.15, 0.2) is 0 Å². The Labute approximate surface area is 171 Å². The number of likely N-dealkylation sites (N-methyl/N-ethyl adjacent to an activating group) is 1. The molecule has 1 fully saturated rings. The van der Waals surface area contributed by atoms with Gasteiger partial charge in [0.1, 0.15) is 0 Å². The molecule has 0 radical (unpaired) electrons. The van der Waals surface area contributed by atoms with E-state index in [0.717, 1.165) is 44.0 Å². The summed E-state index contributed by atoms with van der Waals surface area (Å²) in [6.45, 7) is 11.1. The van der Waals surface area contributed by atoms with Crippen LogP contribution >= 0.6 is 23.2 Å². The maximum Gasteiger partial charge on any atom is 0.0944 e. The zero-order valence-electron chi connectivity index (χ0n) is 15.7. The standard InChI is InChI=1S/C21H26Cl2N4/c1-3-27(16(2)25-13-17-6-7-20(22)21(23)11-17)19-8-10-26(15-19)14-18-5-4-9-24-12-18/h4-7,9,11-12,19,25H,2-3,8,10,13-15H2,1H3. The lowest BCUT2D eigenvalue weighted by molar-refractivity contribution is 0.233. The Bertz CT molecular complexity index is 766. The van der Waals surface area contributed by atoms with Gasteiger partial charge in [-0.2, -0.15) is 0 Å². The second kappa shape index (κ2) is 9.45. The first kappa shape index (κ1) is 20.0. The van der Waals surface area contributed by atoms with Gasteiger partial charge in [0.25, 0.3) is 0 Å². The molecule has 1 aromatic carbocycles. The highest BCUT2D eigenvalue weighted by Crippen LogP contribution is 2.23. The molecule has 0 aliphatic carbocycles. The van der Waals surface area contributed by atoms with Crippen LogP contribution in [0.25, 0.3) is 0 Å². The largest absolute Gasteiger partial charge is 0.368 e. The van der Waals surface area contributed by atoms with Gasteiger partial charge in [-0.25, -0.2) is 0 Å². The Balaban J connectivity index is 1.53. The highest BCUT2D eigenvalue weighted by atomic mass is 35.5. The van der Waals surface area contributed by atoms with Gasteiger partial charge in [0, 0.05) is 51.2 Å².